The highest BCUT2D eigenvalue weighted by atomic mass is 19.4. The molecule has 2 aliphatic rings. The van der Waals surface area contributed by atoms with Crippen molar-refractivity contribution in [1.82, 2.24) is 19.6 Å². The molecule has 0 bridgehead atoms. The fourth-order valence-electron chi connectivity index (χ4n) is 4.06. The predicted octanol–water partition coefficient (Wildman–Crippen LogP) is 3.12. The van der Waals surface area contributed by atoms with E-state index in [9.17, 15) is 35.9 Å². The van der Waals surface area contributed by atoms with E-state index < -0.39 is 30.1 Å². The Morgan fingerprint density at radius 1 is 1.07 bits per heavy atom. The van der Waals surface area contributed by atoms with Crippen molar-refractivity contribution in [3.63, 3.8) is 0 Å². The average molecular weight is 442 g/mol. The summed E-state index contributed by atoms with van der Waals surface area (Å²) in [5, 5.41) is 3.96. The van der Waals surface area contributed by atoms with E-state index in [-0.39, 0.29) is 31.8 Å². The summed E-state index contributed by atoms with van der Waals surface area (Å²) < 4.78 is 81.0. The minimum atomic E-state index is -5.76. The number of ether oxygens (including phenoxy) is 1. The summed E-state index contributed by atoms with van der Waals surface area (Å²) in [4.78, 5) is 27.3. The molecule has 2 amide bonds. The van der Waals surface area contributed by atoms with E-state index in [1.165, 1.54) is 10.9 Å². The van der Waals surface area contributed by atoms with Gasteiger partial charge in [0.25, 0.3) is 12.0 Å². The molecule has 30 heavy (non-hydrogen) atoms. The second-order valence-electron chi connectivity index (χ2n) is 7.52. The molecular formula is C17H20F6N4O3. The molecule has 1 aromatic rings. The molecule has 0 radical (unpaired) electrons. The Hall–Kier alpha value is -2.47. The molecule has 2 saturated heterocycles. The Morgan fingerprint density at radius 2 is 1.67 bits per heavy atom. The van der Waals surface area contributed by atoms with Crippen molar-refractivity contribution in [2.24, 2.45) is 7.05 Å². The van der Waals surface area contributed by atoms with Crippen LogP contribution in [0.4, 0.5) is 31.1 Å². The summed E-state index contributed by atoms with van der Waals surface area (Å²) in [6.45, 7) is 0.249. The van der Waals surface area contributed by atoms with Crippen molar-refractivity contribution in [2.45, 2.75) is 49.7 Å². The summed E-state index contributed by atoms with van der Waals surface area (Å²) >= 11 is 0. The number of alkyl halides is 6. The number of aryl methyl sites for hydroxylation is 1. The second kappa shape index (κ2) is 7.65. The molecule has 0 N–H and O–H groups in total. The third-order valence-corrected chi connectivity index (χ3v) is 5.56. The van der Waals surface area contributed by atoms with Gasteiger partial charge in [-0.15, -0.1) is 0 Å². The van der Waals surface area contributed by atoms with Gasteiger partial charge in [-0.3, -0.25) is 9.48 Å². The van der Waals surface area contributed by atoms with Gasteiger partial charge in [-0.05, 0) is 25.7 Å². The topological polar surface area (TPSA) is 67.7 Å². The smallest absolute Gasteiger partial charge is 0.426 e. The number of carbonyl (C=O) groups excluding carboxylic acids is 2. The minimum Gasteiger partial charge on any atom is -0.426 e. The van der Waals surface area contributed by atoms with Gasteiger partial charge in [0, 0.05) is 38.4 Å². The maximum absolute atomic E-state index is 12.8. The maximum Gasteiger partial charge on any atom is 0.434 e. The molecule has 1 aromatic heterocycles. The fraction of sp³-hybridized carbons (Fsp3) is 0.706. The molecular weight excluding hydrogens is 422 g/mol. The van der Waals surface area contributed by atoms with Gasteiger partial charge < -0.3 is 14.5 Å². The number of likely N-dealkylation sites (tertiary alicyclic amines) is 2. The van der Waals surface area contributed by atoms with Crippen molar-refractivity contribution in [2.75, 3.05) is 19.6 Å². The molecule has 7 nitrogen and oxygen atoms in total. The standard InChI is InChI=1S/C17H20F6N4O3/c1-25-10-11(9-24-25)12(28)27-6-2-3-15(27)4-7-26(8-5-15)14(29)30-13(16(18,19)20)17(21,22)23/h9-10,13H,2-8H2,1H3. The molecule has 2 aliphatic heterocycles. The predicted molar refractivity (Wildman–Crippen MR) is 89.4 cm³/mol. The van der Waals surface area contributed by atoms with Crippen LogP contribution in [0.1, 0.15) is 36.0 Å². The SMILES string of the molecule is Cn1cc(C(=O)N2CCCC23CCN(C(=O)OC(C(F)(F)F)C(F)(F)F)CC3)cn1. The minimum absolute atomic E-state index is 0.113. The van der Waals surface area contributed by atoms with Crippen LogP contribution in [-0.4, -0.2) is 75.2 Å². The molecule has 168 valence electrons. The first-order chi connectivity index (χ1) is 13.8. The molecule has 0 aromatic carbocycles. The Kier molecular flexibility index (Phi) is 5.67. The van der Waals surface area contributed by atoms with Crippen LogP contribution < -0.4 is 0 Å². The van der Waals surface area contributed by atoms with E-state index in [1.54, 1.807) is 18.1 Å². The highest BCUT2D eigenvalue weighted by Crippen LogP contribution is 2.40. The van der Waals surface area contributed by atoms with Gasteiger partial charge >= 0.3 is 18.4 Å². The van der Waals surface area contributed by atoms with Crippen LogP contribution in [0.15, 0.2) is 12.4 Å². The number of hydrogen-bond donors (Lipinski definition) is 0. The van der Waals surface area contributed by atoms with Crippen LogP contribution in [0, 0.1) is 0 Å². The zero-order chi connectivity index (χ0) is 22.3. The number of rotatable bonds is 2. The lowest BCUT2D eigenvalue weighted by atomic mass is 9.85. The zero-order valence-electron chi connectivity index (χ0n) is 16.0. The molecule has 3 rings (SSSR count). The van der Waals surface area contributed by atoms with Crippen LogP contribution in [0.3, 0.4) is 0 Å². The van der Waals surface area contributed by atoms with Gasteiger partial charge in [-0.25, -0.2) is 4.79 Å². The first-order valence-electron chi connectivity index (χ1n) is 9.23. The lowest BCUT2D eigenvalue weighted by Gasteiger charge is -2.44. The molecule has 0 saturated carbocycles. The summed E-state index contributed by atoms with van der Waals surface area (Å²) in [6.07, 6.45) is -12.6. The number of amides is 2. The van der Waals surface area contributed by atoms with Gasteiger partial charge in [-0.2, -0.15) is 31.4 Å². The van der Waals surface area contributed by atoms with Gasteiger partial charge in [0.05, 0.1) is 11.8 Å². The van der Waals surface area contributed by atoms with Crippen molar-refractivity contribution in [3.8, 4) is 0 Å². The number of piperidine rings is 1. The third kappa shape index (κ3) is 4.33. The third-order valence-electron chi connectivity index (χ3n) is 5.56. The molecule has 3 heterocycles. The molecule has 0 atom stereocenters. The van der Waals surface area contributed by atoms with Crippen LogP contribution in [0.25, 0.3) is 0 Å². The summed E-state index contributed by atoms with van der Waals surface area (Å²) in [5.41, 5.74) is -0.212. The monoisotopic (exact) mass is 442 g/mol. The number of nitrogens with zero attached hydrogens (tertiary/aromatic N) is 4. The number of halogens is 6. The molecule has 13 heteroatoms. The van der Waals surface area contributed by atoms with Crippen molar-refractivity contribution in [3.05, 3.63) is 18.0 Å². The Balaban J connectivity index is 1.66. The summed E-state index contributed by atoms with van der Waals surface area (Å²) in [5.74, 6) is -0.245. The second-order valence-corrected chi connectivity index (χ2v) is 7.52. The lowest BCUT2D eigenvalue weighted by molar-refractivity contribution is -0.308. The van der Waals surface area contributed by atoms with Gasteiger partial charge in [0.2, 0.25) is 0 Å². The quantitative estimate of drug-likeness (QED) is 0.661. The van der Waals surface area contributed by atoms with E-state index in [4.69, 9.17) is 0 Å². The van der Waals surface area contributed by atoms with Crippen molar-refractivity contribution >= 4 is 12.0 Å². The van der Waals surface area contributed by atoms with Gasteiger partial charge in [0.15, 0.2) is 0 Å². The average Bonchev–Trinajstić information content (AvgIpc) is 3.24. The van der Waals surface area contributed by atoms with Crippen LogP contribution in [0.5, 0.6) is 0 Å². The normalized spacial score (nSPS) is 19.6. The molecule has 0 unspecified atom stereocenters. The van der Waals surface area contributed by atoms with E-state index in [1.807, 2.05) is 0 Å². The van der Waals surface area contributed by atoms with E-state index in [0.717, 1.165) is 4.90 Å². The van der Waals surface area contributed by atoms with Gasteiger partial charge in [-0.1, -0.05) is 0 Å². The molecule has 1 spiro atoms. The largest absolute Gasteiger partial charge is 0.434 e. The number of aromatic nitrogens is 2. The van der Waals surface area contributed by atoms with Gasteiger partial charge in [0.1, 0.15) is 0 Å². The summed E-state index contributed by atoms with van der Waals surface area (Å²) in [6, 6.07) is 0. The number of carbonyl (C=O) groups is 2. The maximum atomic E-state index is 12.8. The highest BCUT2D eigenvalue weighted by Gasteiger charge is 2.60. The number of hydrogen-bond acceptors (Lipinski definition) is 4. The van der Waals surface area contributed by atoms with Crippen LogP contribution in [-0.2, 0) is 11.8 Å². The van der Waals surface area contributed by atoms with Crippen molar-refractivity contribution in [1.29, 1.82) is 0 Å². The zero-order valence-corrected chi connectivity index (χ0v) is 16.0. The van der Waals surface area contributed by atoms with E-state index in [0.29, 0.717) is 24.9 Å². The fourth-order valence-corrected chi connectivity index (χ4v) is 4.06. The van der Waals surface area contributed by atoms with Crippen molar-refractivity contribution < 1.29 is 40.7 Å². The lowest BCUT2D eigenvalue weighted by Crippen LogP contribution is -2.56. The summed E-state index contributed by atoms with van der Waals surface area (Å²) in [7, 11) is 1.66. The van der Waals surface area contributed by atoms with Crippen LogP contribution >= 0.6 is 0 Å². The molecule has 2 fully saturated rings. The molecule has 0 aliphatic carbocycles. The first kappa shape index (κ1) is 22.2. The Morgan fingerprint density at radius 3 is 2.17 bits per heavy atom. The van der Waals surface area contributed by atoms with E-state index >= 15 is 0 Å². The Bertz CT molecular complexity index is 784. The Labute approximate surface area is 167 Å². The van der Waals surface area contributed by atoms with E-state index in [2.05, 4.69) is 9.84 Å². The highest BCUT2D eigenvalue weighted by molar-refractivity contribution is 5.94. The first-order valence-corrected chi connectivity index (χ1v) is 9.23. The van der Waals surface area contributed by atoms with Crippen LogP contribution in [0.2, 0.25) is 0 Å².